The smallest absolute Gasteiger partial charge is 0.170 e. The number of nitrogens with zero attached hydrogens (tertiary/aromatic N) is 1. The molecule has 4 unspecified atom stereocenters. The molecule has 0 bridgehead atoms. The lowest BCUT2D eigenvalue weighted by atomic mass is 9.83. The van der Waals surface area contributed by atoms with Crippen LogP contribution in [-0.4, -0.2) is 68.3 Å². The third kappa shape index (κ3) is 3.13. The van der Waals surface area contributed by atoms with E-state index < -0.39 is 0 Å². The second-order valence-corrected chi connectivity index (χ2v) is 6.72. The lowest BCUT2D eigenvalue weighted by molar-refractivity contribution is -0.202. The molecule has 2 aliphatic heterocycles. The molecule has 21 heavy (non-hydrogen) atoms. The maximum absolute atomic E-state index is 5.98. The number of nitrogens with one attached hydrogen (secondary N) is 1. The average Bonchev–Trinajstić information content (AvgIpc) is 2.95. The largest absolute Gasteiger partial charge is 0.376 e. The van der Waals surface area contributed by atoms with Crippen molar-refractivity contribution in [3.05, 3.63) is 0 Å². The Labute approximate surface area is 128 Å². The molecule has 0 aromatic carbocycles. The van der Waals surface area contributed by atoms with Crippen LogP contribution < -0.4 is 5.32 Å². The zero-order chi connectivity index (χ0) is 14.9. The summed E-state index contributed by atoms with van der Waals surface area (Å²) in [5.74, 6) is -0.322. The second kappa shape index (κ2) is 6.50. The van der Waals surface area contributed by atoms with Gasteiger partial charge in [-0.1, -0.05) is 6.92 Å². The molecule has 1 aliphatic carbocycles. The number of morpholine rings is 1. The van der Waals surface area contributed by atoms with Crippen LogP contribution in [0.15, 0.2) is 0 Å². The van der Waals surface area contributed by atoms with E-state index in [1.54, 1.807) is 0 Å². The van der Waals surface area contributed by atoms with E-state index in [1.807, 2.05) is 0 Å². The summed E-state index contributed by atoms with van der Waals surface area (Å²) in [5.41, 5.74) is 0. The molecule has 2 saturated heterocycles. The van der Waals surface area contributed by atoms with Crippen molar-refractivity contribution in [1.82, 2.24) is 10.2 Å². The second-order valence-electron chi connectivity index (χ2n) is 6.72. The van der Waals surface area contributed by atoms with Gasteiger partial charge in [0.05, 0.1) is 25.9 Å². The van der Waals surface area contributed by atoms with E-state index in [4.69, 9.17) is 14.2 Å². The highest BCUT2D eigenvalue weighted by Gasteiger charge is 2.48. The Bertz CT molecular complexity index is 346. The topological polar surface area (TPSA) is 43.0 Å². The number of rotatable bonds is 3. The van der Waals surface area contributed by atoms with Crippen LogP contribution in [0.5, 0.6) is 0 Å². The van der Waals surface area contributed by atoms with Crippen LogP contribution in [0.4, 0.5) is 0 Å². The first-order valence-corrected chi connectivity index (χ1v) is 8.50. The summed E-state index contributed by atoms with van der Waals surface area (Å²) < 4.78 is 17.8. The fourth-order valence-corrected chi connectivity index (χ4v) is 4.20. The molecular formula is C16H30N2O3. The number of ether oxygens (including phenoxy) is 3. The molecule has 0 aromatic rings. The Hall–Kier alpha value is -0.200. The predicted octanol–water partition coefficient (Wildman–Crippen LogP) is 1.37. The van der Waals surface area contributed by atoms with Crippen molar-refractivity contribution >= 4 is 0 Å². The maximum Gasteiger partial charge on any atom is 0.170 e. The molecule has 5 nitrogen and oxygen atoms in total. The van der Waals surface area contributed by atoms with E-state index in [-0.39, 0.29) is 5.79 Å². The lowest BCUT2D eigenvalue weighted by Gasteiger charge is -2.50. The number of likely N-dealkylation sites (N-methyl/N-ethyl adjacent to an activating group) is 1. The van der Waals surface area contributed by atoms with Crippen molar-refractivity contribution < 1.29 is 14.2 Å². The minimum Gasteiger partial charge on any atom is -0.376 e. The van der Waals surface area contributed by atoms with Gasteiger partial charge in [0.1, 0.15) is 0 Å². The van der Waals surface area contributed by atoms with Crippen LogP contribution in [0.1, 0.15) is 39.5 Å². The molecule has 3 fully saturated rings. The van der Waals surface area contributed by atoms with Crippen molar-refractivity contribution in [2.45, 2.75) is 69.5 Å². The molecule has 0 aromatic heterocycles. The van der Waals surface area contributed by atoms with E-state index in [9.17, 15) is 0 Å². The molecule has 122 valence electrons. The van der Waals surface area contributed by atoms with Crippen molar-refractivity contribution in [1.29, 1.82) is 0 Å². The molecule has 1 spiro atoms. The Balaban J connectivity index is 1.77. The van der Waals surface area contributed by atoms with E-state index >= 15 is 0 Å². The first kappa shape index (κ1) is 15.7. The average molecular weight is 298 g/mol. The lowest BCUT2D eigenvalue weighted by Crippen LogP contribution is -2.63. The summed E-state index contributed by atoms with van der Waals surface area (Å²) in [4.78, 5) is 2.65. The van der Waals surface area contributed by atoms with Crippen LogP contribution in [0.25, 0.3) is 0 Å². The van der Waals surface area contributed by atoms with Crippen LogP contribution in [0.2, 0.25) is 0 Å². The molecule has 3 aliphatic rings. The molecular weight excluding hydrogens is 268 g/mol. The first-order chi connectivity index (χ1) is 10.2. The third-order valence-electron chi connectivity index (χ3n) is 5.41. The molecule has 0 amide bonds. The third-order valence-corrected chi connectivity index (χ3v) is 5.41. The van der Waals surface area contributed by atoms with Gasteiger partial charge in [-0.3, -0.25) is 4.90 Å². The van der Waals surface area contributed by atoms with Gasteiger partial charge in [0.25, 0.3) is 0 Å². The Morgan fingerprint density at radius 3 is 2.71 bits per heavy atom. The summed E-state index contributed by atoms with van der Waals surface area (Å²) in [6.07, 6.45) is 4.54. The van der Waals surface area contributed by atoms with Crippen LogP contribution in [0.3, 0.4) is 0 Å². The van der Waals surface area contributed by atoms with Gasteiger partial charge in [-0.15, -0.1) is 0 Å². The summed E-state index contributed by atoms with van der Waals surface area (Å²) in [7, 11) is 2.08. The fraction of sp³-hybridized carbons (Fsp3) is 1.00. The van der Waals surface area contributed by atoms with Gasteiger partial charge in [-0.05, 0) is 26.8 Å². The molecule has 1 N–H and O–H groups in total. The van der Waals surface area contributed by atoms with Crippen molar-refractivity contribution in [3.63, 3.8) is 0 Å². The highest BCUT2D eigenvalue weighted by atomic mass is 16.7. The summed E-state index contributed by atoms with van der Waals surface area (Å²) in [6.45, 7) is 7.78. The zero-order valence-electron chi connectivity index (χ0n) is 13.6. The summed E-state index contributed by atoms with van der Waals surface area (Å²) >= 11 is 0. The van der Waals surface area contributed by atoms with Gasteiger partial charge in [0.2, 0.25) is 0 Å². The van der Waals surface area contributed by atoms with Crippen LogP contribution in [0, 0.1) is 0 Å². The van der Waals surface area contributed by atoms with Gasteiger partial charge < -0.3 is 19.5 Å². The van der Waals surface area contributed by atoms with Gasteiger partial charge >= 0.3 is 0 Å². The molecule has 1 saturated carbocycles. The van der Waals surface area contributed by atoms with E-state index in [2.05, 4.69) is 31.1 Å². The Kier molecular flexibility index (Phi) is 4.86. The normalized spacial score (nSPS) is 40.7. The van der Waals surface area contributed by atoms with Crippen molar-refractivity contribution in [2.24, 2.45) is 0 Å². The van der Waals surface area contributed by atoms with Gasteiger partial charge in [-0.2, -0.15) is 0 Å². The molecule has 4 atom stereocenters. The highest BCUT2D eigenvalue weighted by molar-refractivity contribution is 4.98. The summed E-state index contributed by atoms with van der Waals surface area (Å²) in [5, 5.41) is 3.52. The van der Waals surface area contributed by atoms with E-state index in [0.29, 0.717) is 24.2 Å². The minimum atomic E-state index is -0.322. The van der Waals surface area contributed by atoms with Crippen molar-refractivity contribution in [3.8, 4) is 0 Å². The quantitative estimate of drug-likeness (QED) is 0.852. The molecule has 3 rings (SSSR count). The number of hydrogen-bond donors (Lipinski definition) is 1. The Morgan fingerprint density at radius 1 is 1.29 bits per heavy atom. The van der Waals surface area contributed by atoms with E-state index in [1.165, 1.54) is 0 Å². The van der Waals surface area contributed by atoms with E-state index in [0.717, 1.165) is 52.0 Å². The molecule has 2 heterocycles. The molecule has 0 radical (unpaired) electrons. The predicted molar refractivity (Wildman–Crippen MR) is 81.3 cm³/mol. The molecule has 5 heteroatoms. The first-order valence-electron chi connectivity index (χ1n) is 8.50. The van der Waals surface area contributed by atoms with Crippen molar-refractivity contribution in [2.75, 3.05) is 33.4 Å². The van der Waals surface area contributed by atoms with Crippen LogP contribution >= 0.6 is 0 Å². The van der Waals surface area contributed by atoms with Gasteiger partial charge in [0.15, 0.2) is 5.79 Å². The zero-order valence-corrected chi connectivity index (χ0v) is 13.6. The van der Waals surface area contributed by atoms with Crippen LogP contribution in [-0.2, 0) is 14.2 Å². The monoisotopic (exact) mass is 298 g/mol. The standard InChI is InChI=1S/C16H30N2O3/c1-4-13-11-19-12(2)10-18(13)15-9-16(20-7-8-21-16)6-5-14(15)17-3/h12-15,17H,4-11H2,1-3H3. The highest BCUT2D eigenvalue weighted by Crippen LogP contribution is 2.39. The fourth-order valence-electron chi connectivity index (χ4n) is 4.20. The van der Waals surface area contributed by atoms with Gasteiger partial charge in [-0.25, -0.2) is 0 Å². The van der Waals surface area contributed by atoms with Gasteiger partial charge in [0, 0.05) is 37.5 Å². The number of hydrogen-bond acceptors (Lipinski definition) is 5. The minimum absolute atomic E-state index is 0.314. The summed E-state index contributed by atoms with van der Waals surface area (Å²) in [6, 6.07) is 1.50. The maximum atomic E-state index is 5.98. The SMILES string of the molecule is CCC1COC(C)CN1C1CC2(CCC1NC)OCCO2. The Morgan fingerprint density at radius 2 is 2.05 bits per heavy atom.